The van der Waals surface area contributed by atoms with E-state index in [1.807, 2.05) is 17.4 Å². The Morgan fingerprint density at radius 1 is 1.20 bits per heavy atom. The van der Waals surface area contributed by atoms with Crippen LogP contribution in [0.4, 0.5) is 0 Å². The van der Waals surface area contributed by atoms with Crippen LogP contribution in [0.1, 0.15) is 28.6 Å². The Hall–Kier alpha value is -1.23. The molecular formula is C16H20N2OS. The number of aromatic nitrogens is 1. The molecule has 106 valence electrons. The smallest absolute Gasteiger partial charge is 0.0968 e. The van der Waals surface area contributed by atoms with Gasteiger partial charge in [0.2, 0.25) is 0 Å². The van der Waals surface area contributed by atoms with Gasteiger partial charge >= 0.3 is 0 Å². The summed E-state index contributed by atoms with van der Waals surface area (Å²) in [6.45, 7) is 2.39. The Morgan fingerprint density at radius 2 is 1.95 bits per heavy atom. The third-order valence-electron chi connectivity index (χ3n) is 3.70. The lowest BCUT2D eigenvalue weighted by Gasteiger charge is -2.19. The van der Waals surface area contributed by atoms with Crippen molar-refractivity contribution < 1.29 is 4.74 Å². The zero-order valence-corrected chi connectivity index (χ0v) is 12.4. The number of hydrogen-bond donors (Lipinski definition) is 1. The second-order valence-corrected chi connectivity index (χ2v) is 6.23. The minimum Gasteiger partial charge on any atom is -0.381 e. The van der Waals surface area contributed by atoms with E-state index in [0.717, 1.165) is 38.2 Å². The molecule has 0 aliphatic carbocycles. The molecule has 1 aliphatic rings. The Kier molecular flexibility index (Phi) is 4.45. The SMILES string of the molecule is NCCc1sc(C2CCOCC2)nc1-c1ccccc1. The highest BCUT2D eigenvalue weighted by molar-refractivity contribution is 7.12. The Bertz CT molecular complexity index is 547. The first-order valence-corrected chi connectivity index (χ1v) is 8.03. The van der Waals surface area contributed by atoms with Crippen LogP contribution in [0.5, 0.6) is 0 Å². The summed E-state index contributed by atoms with van der Waals surface area (Å²) in [6, 6.07) is 10.4. The van der Waals surface area contributed by atoms with Gasteiger partial charge in [-0.3, -0.25) is 0 Å². The zero-order chi connectivity index (χ0) is 13.8. The van der Waals surface area contributed by atoms with Crippen LogP contribution in [-0.2, 0) is 11.2 Å². The van der Waals surface area contributed by atoms with Gasteiger partial charge in [0, 0.05) is 29.6 Å². The fraction of sp³-hybridized carbons (Fsp3) is 0.438. The Labute approximate surface area is 123 Å². The maximum atomic E-state index is 5.75. The van der Waals surface area contributed by atoms with E-state index in [2.05, 4.69) is 24.3 Å². The quantitative estimate of drug-likeness (QED) is 0.940. The first-order valence-electron chi connectivity index (χ1n) is 7.21. The molecule has 3 rings (SSSR count). The highest BCUT2D eigenvalue weighted by Gasteiger charge is 2.22. The molecule has 0 radical (unpaired) electrons. The van der Waals surface area contributed by atoms with Crippen molar-refractivity contribution in [3.05, 3.63) is 40.2 Å². The number of benzene rings is 1. The lowest BCUT2D eigenvalue weighted by Crippen LogP contribution is -2.13. The van der Waals surface area contributed by atoms with Crippen molar-refractivity contribution in [2.75, 3.05) is 19.8 Å². The average Bonchev–Trinajstić information content (AvgIpc) is 2.94. The molecule has 2 heterocycles. The molecule has 2 N–H and O–H groups in total. The highest BCUT2D eigenvalue weighted by atomic mass is 32.1. The van der Waals surface area contributed by atoms with Crippen molar-refractivity contribution in [1.29, 1.82) is 0 Å². The minimum absolute atomic E-state index is 0.558. The molecule has 0 bridgehead atoms. The van der Waals surface area contributed by atoms with Crippen LogP contribution in [0.15, 0.2) is 30.3 Å². The first-order chi connectivity index (χ1) is 9.88. The van der Waals surface area contributed by atoms with Gasteiger partial charge in [0.25, 0.3) is 0 Å². The van der Waals surface area contributed by atoms with Crippen LogP contribution in [0.2, 0.25) is 0 Å². The molecular weight excluding hydrogens is 268 g/mol. The van der Waals surface area contributed by atoms with Gasteiger partial charge in [0.1, 0.15) is 0 Å². The third kappa shape index (κ3) is 2.92. The van der Waals surface area contributed by atoms with Gasteiger partial charge in [-0.2, -0.15) is 0 Å². The molecule has 1 aromatic carbocycles. The lowest BCUT2D eigenvalue weighted by molar-refractivity contribution is 0.0853. The Morgan fingerprint density at radius 3 is 2.65 bits per heavy atom. The molecule has 0 unspecified atom stereocenters. The second-order valence-electron chi connectivity index (χ2n) is 5.12. The molecule has 1 fully saturated rings. The van der Waals surface area contributed by atoms with Crippen LogP contribution in [-0.4, -0.2) is 24.7 Å². The summed E-state index contributed by atoms with van der Waals surface area (Å²) in [5.74, 6) is 0.558. The monoisotopic (exact) mass is 288 g/mol. The predicted octanol–water partition coefficient (Wildman–Crippen LogP) is 3.21. The van der Waals surface area contributed by atoms with Gasteiger partial charge in [0.05, 0.1) is 10.7 Å². The fourth-order valence-electron chi connectivity index (χ4n) is 2.61. The number of rotatable bonds is 4. The van der Waals surface area contributed by atoms with E-state index in [0.29, 0.717) is 12.5 Å². The summed E-state index contributed by atoms with van der Waals surface area (Å²) in [7, 11) is 0. The molecule has 1 saturated heterocycles. The number of ether oxygens (including phenoxy) is 1. The summed E-state index contributed by atoms with van der Waals surface area (Å²) < 4.78 is 5.45. The topological polar surface area (TPSA) is 48.1 Å². The summed E-state index contributed by atoms with van der Waals surface area (Å²) >= 11 is 1.84. The molecule has 0 atom stereocenters. The minimum atomic E-state index is 0.558. The van der Waals surface area contributed by atoms with E-state index in [1.54, 1.807) is 0 Å². The molecule has 0 spiro atoms. The summed E-state index contributed by atoms with van der Waals surface area (Å²) in [5.41, 5.74) is 8.08. The van der Waals surface area contributed by atoms with Gasteiger partial charge in [-0.15, -0.1) is 11.3 Å². The van der Waals surface area contributed by atoms with E-state index < -0.39 is 0 Å². The van der Waals surface area contributed by atoms with E-state index in [-0.39, 0.29) is 0 Å². The summed E-state index contributed by atoms with van der Waals surface area (Å²) in [4.78, 5) is 6.25. The number of nitrogens with zero attached hydrogens (tertiary/aromatic N) is 1. The maximum absolute atomic E-state index is 5.75. The van der Waals surface area contributed by atoms with Crippen LogP contribution in [0.3, 0.4) is 0 Å². The third-order valence-corrected chi connectivity index (χ3v) is 4.98. The fourth-order valence-corrected chi connectivity index (χ4v) is 3.88. The number of thiazole rings is 1. The lowest BCUT2D eigenvalue weighted by atomic mass is 10.0. The molecule has 1 aliphatic heterocycles. The molecule has 3 nitrogen and oxygen atoms in total. The largest absolute Gasteiger partial charge is 0.381 e. The summed E-state index contributed by atoms with van der Waals surface area (Å²) in [6.07, 6.45) is 3.08. The highest BCUT2D eigenvalue weighted by Crippen LogP contribution is 2.35. The van der Waals surface area contributed by atoms with Crippen molar-refractivity contribution in [3.63, 3.8) is 0 Å². The van der Waals surface area contributed by atoms with Crippen molar-refractivity contribution in [1.82, 2.24) is 4.98 Å². The van der Waals surface area contributed by atoms with Crippen LogP contribution in [0, 0.1) is 0 Å². The van der Waals surface area contributed by atoms with Crippen molar-refractivity contribution >= 4 is 11.3 Å². The van der Waals surface area contributed by atoms with Crippen LogP contribution >= 0.6 is 11.3 Å². The predicted molar refractivity (Wildman–Crippen MR) is 83.1 cm³/mol. The normalized spacial score (nSPS) is 16.4. The van der Waals surface area contributed by atoms with E-state index in [9.17, 15) is 0 Å². The van der Waals surface area contributed by atoms with Crippen molar-refractivity contribution in [2.24, 2.45) is 5.73 Å². The van der Waals surface area contributed by atoms with Gasteiger partial charge in [-0.25, -0.2) is 4.98 Å². The molecule has 0 amide bonds. The van der Waals surface area contributed by atoms with Gasteiger partial charge in [-0.1, -0.05) is 30.3 Å². The molecule has 1 aromatic heterocycles. The van der Waals surface area contributed by atoms with E-state index in [1.165, 1.54) is 15.4 Å². The summed E-state index contributed by atoms with van der Waals surface area (Å²) in [5, 5.41) is 1.26. The van der Waals surface area contributed by atoms with Gasteiger partial charge < -0.3 is 10.5 Å². The van der Waals surface area contributed by atoms with Crippen LogP contribution < -0.4 is 5.73 Å². The number of nitrogens with two attached hydrogens (primary N) is 1. The van der Waals surface area contributed by atoms with Gasteiger partial charge in [0.15, 0.2) is 0 Å². The number of hydrogen-bond acceptors (Lipinski definition) is 4. The van der Waals surface area contributed by atoms with Crippen molar-refractivity contribution in [2.45, 2.75) is 25.2 Å². The Balaban J connectivity index is 1.93. The average molecular weight is 288 g/mol. The second kappa shape index (κ2) is 6.48. The first kappa shape index (κ1) is 13.7. The van der Waals surface area contributed by atoms with Gasteiger partial charge in [-0.05, 0) is 25.8 Å². The molecule has 20 heavy (non-hydrogen) atoms. The molecule has 4 heteroatoms. The zero-order valence-electron chi connectivity index (χ0n) is 11.5. The van der Waals surface area contributed by atoms with Crippen LogP contribution in [0.25, 0.3) is 11.3 Å². The van der Waals surface area contributed by atoms with E-state index >= 15 is 0 Å². The van der Waals surface area contributed by atoms with E-state index in [4.69, 9.17) is 15.5 Å². The molecule has 2 aromatic rings. The molecule has 0 saturated carbocycles. The maximum Gasteiger partial charge on any atom is 0.0968 e. The van der Waals surface area contributed by atoms with Crippen molar-refractivity contribution in [3.8, 4) is 11.3 Å². The standard InChI is InChI=1S/C16H20N2OS/c17-9-6-14-15(12-4-2-1-3-5-12)18-16(20-14)13-7-10-19-11-8-13/h1-5,13H,6-11,17H2.